The lowest BCUT2D eigenvalue weighted by Gasteiger charge is -2.11. The van der Waals surface area contributed by atoms with E-state index >= 15 is 0 Å². The Morgan fingerprint density at radius 3 is 2.79 bits per heavy atom. The Hall–Kier alpha value is -3.48. The molecule has 144 valence electrons. The van der Waals surface area contributed by atoms with Gasteiger partial charge in [0.25, 0.3) is 0 Å². The summed E-state index contributed by atoms with van der Waals surface area (Å²) in [4.78, 5) is 8.40. The molecule has 2 aromatic heterocycles. The standard InChI is InChI=1S/C21H23FN6/c1-14-12-26-28-20(25-9-8-16-4-6-18(23)7-5-16)11-19(27-21(14)28)17(13-24-3)10-15(2)22/h4-7,10-13,25H,3,8-9,23H2,1-2H3/b15-10+,17-13+. The van der Waals surface area contributed by atoms with E-state index in [2.05, 4.69) is 27.1 Å². The van der Waals surface area contributed by atoms with E-state index in [1.165, 1.54) is 24.8 Å². The number of aliphatic imine (C=N–C) groups is 1. The molecule has 0 atom stereocenters. The zero-order valence-corrected chi connectivity index (χ0v) is 16.0. The molecule has 0 aliphatic rings. The molecule has 0 saturated carbocycles. The van der Waals surface area contributed by atoms with Crippen LogP contribution in [0.2, 0.25) is 0 Å². The molecule has 0 fully saturated rings. The van der Waals surface area contributed by atoms with Crippen LogP contribution in [-0.4, -0.2) is 27.9 Å². The van der Waals surface area contributed by atoms with Crippen molar-refractivity contribution in [2.75, 3.05) is 17.6 Å². The van der Waals surface area contributed by atoms with Crippen molar-refractivity contribution in [1.82, 2.24) is 14.6 Å². The average molecular weight is 378 g/mol. The molecular formula is C21H23FN6. The van der Waals surface area contributed by atoms with Crippen LogP contribution < -0.4 is 11.1 Å². The normalized spacial score (nSPS) is 12.4. The second-order valence-electron chi connectivity index (χ2n) is 6.51. The third kappa shape index (κ3) is 4.43. The van der Waals surface area contributed by atoms with Crippen LogP contribution in [0, 0.1) is 6.92 Å². The molecule has 6 nitrogen and oxygen atoms in total. The van der Waals surface area contributed by atoms with Crippen molar-refractivity contribution in [2.45, 2.75) is 20.3 Å². The van der Waals surface area contributed by atoms with Gasteiger partial charge >= 0.3 is 0 Å². The summed E-state index contributed by atoms with van der Waals surface area (Å²) in [5.41, 5.74) is 10.4. The van der Waals surface area contributed by atoms with E-state index in [9.17, 15) is 4.39 Å². The van der Waals surface area contributed by atoms with Crippen molar-refractivity contribution in [3.8, 4) is 0 Å². The van der Waals surface area contributed by atoms with Gasteiger partial charge in [0, 0.05) is 35.6 Å². The highest BCUT2D eigenvalue weighted by atomic mass is 19.1. The monoisotopic (exact) mass is 378 g/mol. The summed E-state index contributed by atoms with van der Waals surface area (Å²) < 4.78 is 15.2. The number of fused-ring (bicyclic) bond motifs is 1. The molecule has 2 heterocycles. The number of allylic oxidation sites excluding steroid dienone is 3. The number of benzene rings is 1. The number of nitrogens with zero attached hydrogens (tertiary/aromatic N) is 4. The molecule has 0 amide bonds. The van der Waals surface area contributed by atoms with Gasteiger partial charge in [0.1, 0.15) is 5.82 Å². The first kappa shape index (κ1) is 19.3. The lowest BCUT2D eigenvalue weighted by Crippen LogP contribution is -2.10. The van der Waals surface area contributed by atoms with Crippen LogP contribution in [0.15, 0.2) is 59.6 Å². The van der Waals surface area contributed by atoms with E-state index in [0.29, 0.717) is 23.5 Å². The van der Waals surface area contributed by atoms with Gasteiger partial charge in [0.2, 0.25) is 0 Å². The maximum atomic E-state index is 13.5. The first-order valence-electron chi connectivity index (χ1n) is 8.92. The third-order valence-corrected chi connectivity index (χ3v) is 4.23. The second-order valence-corrected chi connectivity index (χ2v) is 6.51. The van der Waals surface area contributed by atoms with E-state index in [4.69, 9.17) is 5.73 Å². The van der Waals surface area contributed by atoms with E-state index in [-0.39, 0.29) is 5.83 Å². The van der Waals surface area contributed by atoms with Crippen molar-refractivity contribution < 1.29 is 4.39 Å². The fraction of sp³-hybridized carbons (Fsp3) is 0.190. The predicted molar refractivity (Wildman–Crippen MR) is 113 cm³/mol. The van der Waals surface area contributed by atoms with Gasteiger partial charge in [-0.2, -0.15) is 9.61 Å². The van der Waals surface area contributed by atoms with Crippen molar-refractivity contribution in [2.24, 2.45) is 4.99 Å². The Labute approximate surface area is 163 Å². The fourth-order valence-corrected chi connectivity index (χ4v) is 2.86. The predicted octanol–water partition coefficient (Wildman–Crippen LogP) is 4.19. The first-order valence-corrected chi connectivity index (χ1v) is 8.92. The van der Waals surface area contributed by atoms with Crippen molar-refractivity contribution in [1.29, 1.82) is 0 Å². The number of anilines is 2. The van der Waals surface area contributed by atoms with E-state index in [1.54, 1.807) is 10.7 Å². The number of nitrogens with one attached hydrogen (secondary N) is 1. The third-order valence-electron chi connectivity index (χ3n) is 4.23. The summed E-state index contributed by atoms with van der Waals surface area (Å²) in [5, 5.41) is 7.79. The van der Waals surface area contributed by atoms with Gasteiger partial charge in [-0.05, 0) is 50.8 Å². The van der Waals surface area contributed by atoms with Gasteiger partial charge in [-0.25, -0.2) is 9.37 Å². The van der Waals surface area contributed by atoms with Crippen LogP contribution in [0.4, 0.5) is 15.9 Å². The molecule has 0 unspecified atom stereocenters. The minimum Gasteiger partial charge on any atom is -0.399 e. The smallest absolute Gasteiger partial charge is 0.160 e. The lowest BCUT2D eigenvalue weighted by molar-refractivity contribution is 0.641. The summed E-state index contributed by atoms with van der Waals surface area (Å²) in [5.74, 6) is 0.433. The Morgan fingerprint density at radius 2 is 2.11 bits per heavy atom. The molecule has 0 bridgehead atoms. The molecule has 28 heavy (non-hydrogen) atoms. The Balaban J connectivity index is 1.92. The van der Waals surface area contributed by atoms with Gasteiger partial charge in [0.15, 0.2) is 5.65 Å². The van der Waals surface area contributed by atoms with Crippen LogP contribution in [0.25, 0.3) is 11.2 Å². The second kappa shape index (κ2) is 8.47. The van der Waals surface area contributed by atoms with Crippen molar-refractivity contribution >= 4 is 29.4 Å². The Morgan fingerprint density at radius 1 is 1.36 bits per heavy atom. The molecule has 0 aliphatic carbocycles. The summed E-state index contributed by atoms with van der Waals surface area (Å²) in [6, 6.07) is 9.63. The average Bonchev–Trinajstić information content (AvgIpc) is 3.04. The number of hydrogen-bond donors (Lipinski definition) is 2. The molecule has 3 rings (SSSR count). The van der Waals surface area contributed by atoms with Crippen LogP contribution in [0.3, 0.4) is 0 Å². The minimum atomic E-state index is -0.334. The molecule has 0 saturated heterocycles. The Kier molecular flexibility index (Phi) is 5.84. The molecule has 7 heteroatoms. The summed E-state index contributed by atoms with van der Waals surface area (Å²) in [6.45, 7) is 7.47. The number of halogens is 1. The van der Waals surface area contributed by atoms with Gasteiger partial charge in [-0.3, -0.25) is 4.99 Å². The number of hydrogen-bond acceptors (Lipinski definition) is 5. The summed E-state index contributed by atoms with van der Waals surface area (Å²) in [6.07, 6.45) is 5.45. The van der Waals surface area contributed by atoms with E-state index in [1.807, 2.05) is 37.3 Å². The highest BCUT2D eigenvalue weighted by Gasteiger charge is 2.12. The quantitative estimate of drug-likeness (QED) is 0.367. The zero-order chi connectivity index (χ0) is 20.1. The highest BCUT2D eigenvalue weighted by Crippen LogP contribution is 2.23. The highest BCUT2D eigenvalue weighted by molar-refractivity contribution is 5.75. The van der Waals surface area contributed by atoms with Crippen LogP contribution in [0.1, 0.15) is 23.7 Å². The van der Waals surface area contributed by atoms with Crippen molar-refractivity contribution in [3.63, 3.8) is 0 Å². The zero-order valence-electron chi connectivity index (χ0n) is 16.0. The largest absolute Gasteiger partial charge is 0.399 e. The van der Waals surface area contributed by atoms with Gasteiger partial charge in [-0.15, -0.1) is 0 Å². The van der Waals surface area contributed by atoms with Crippen LogP contribution in [0.5, 0.6) is 0 Å². The molecule has 0 aliphatic heterocycles. The molecule has 0 radical (unpaired) electrons. The summed E-state index contributed by atoms with van der Waals surface area (Å²) in [7, 11) is 0. The van der Waals surface area contributed by atoms with E-state index in [0.717, 1.165) is 23.5 Å². The van der Waals surface area contributed by atoms with E-state index < -0.39 is 0 Å². The molecule has 1 aromatic carbocycles. The molecule has 0 spiro atoms. The number of nitrogen functional groups attached to an aromatic ring is 1. The van der Waals surface area contributed by atoms with Gasteiger partial charge in [0.05, 0.1) is 17.7 Å². The van der Waals surface area contributed by atoms with Crippen LogP contribution in [-0.2, 0) is 6.42 Å². The maximum Gasteiger partial charge on any atom is 0.160 e. The Bertz CT molecular complexity index is 1040. The number of nitrogens with two attached hydrogens (primary N) is 1. The summed E-state index contributed by atoms with van der Waals surface area (Å²) >= 11 is 0. The minimum absolute atomic E-state index is 0.334. The fourth-order valence-electron chi connectivity index (χ4n) is 2.86. The van der Waals surface area contributed by atoms with Gasteiger partial charge in [-0.1, -0.05) is 12.1 Å². The molecule has 3 aromatic rings. The topological polar surface area (TPSA) is 80.6 Å². The van der Waals surface area contributed by atoms with Crippen LogP contribution >= 0.6 is 0 Å². The number of aryl methyl sites for hydroxylation is 1. The maximum absolute atomic E-state index is 13.5. The molecular weight excluding hydrogens is 355 g/mol. The van der Waals surface area contributed by atoms with Gasteiger partial charge < -0.3 is 11.1 Å². The lowest BCUT2D eigenvalue weighted by atomic mass is 10.1. The SMILES string of the molecule is C=N/C=C(\C=C(/C)F)c1cc(NCCc2ccc(N)cc2)n2ncc(C)c2n1. The number of rotatable bonds is 7. The van der Waals surface area contributed by atoms with Crippen molar-refractivity contribution in [3.05, 3.63) is 71.5 Å². The molecule has 3 N–H and O–H groups in total. The number of aromatic nitrogens is 3. The first-order chi connectivity index (χ1) is 13.5.